The van der Waals surface area contributed by atoms with Crippen LogP contribution in [0.1, 0.15) is 46.0 Å². The van der Waals surface area contributed by atoms with Crippen molar-refractivity contribution in [3.63, 3.8) is 0 Å². The van der Waals surface area contributed by atoms with Crippen molar-refractivity contribution in [3.05, 3.63) is 12.2 Å². The number of hydrogen-bond donors (Lipinski definition) is 1. The monoisotopic (exact) mass is 266 g/mol. The van der Waals surface area contributed by atoms with Gasteiger partial charge in [0.25, 0.3) is 0 Å². The second kappa shape index (κ2) is 8.83. The van der Waals surface area contributed by atoms with Crippen molar-refractivity contribution < 1.29 is 19.4 Å². The Bertz CT molecular complexity index is 325. The summed E-state index contributed by atoms with van der Waals surface area (Å²) in [6.07, 6.45) is 7.09. The van der Waals surface area contributed by atoms with E-state index in [2.05, 4.69) is 13.8 Å². The fourth-order valence-electron chi connectivity index (χ4n) is 1.78. The Morgan fingerprint density at radius 2 is 1.84 bits per heavy atom. The molecular formula is C13H24B2O4. The molecule has 6 heteroatoms. The van der Waals surface area contributed by atoms with E-state index in [9.17, 15) is 9.59 Å². The van der Waals surface area contributed by atoms with Crippen molar-refractivity contribution in [1.29, 1.82) is 0 Å². The summed E-state index contributed by atoms with van der Waals surface area (Å²) in [7, 11) is 3.70. The minimum Gasteiger partial charge on any atom is -0.478 e. The quantitative estimate of drug-likeness (QED) is 0.289. The van der Waals surface area contributed by atoms with Crippen LogP contribution in [0.4, 0.5) is 0 Å². The van der Waals surface area contributed by atoms with Gasteiger partial charge in [0.05, 0.1) is 0 Å². The number of ether oxygens (including phenoxy) is 1. The summed E-state index contributed by atoms with van der Waals surface area (Å²) in [6.45, 7) is 4.42. The van der Waals surface area contributed by atoms with Crippen LogP contribution in [0.5, 0.6) is 0 Å². The Morgan fingerprint density at radius 3 is 2.37 bits per heavy atom. The largest absolute Gasteiger partial charge is 0.478 e. The average molecular weight is 266 g/mol. The Kier molecular flexibility index (Phi) is 8.28. The third-order valence-corrected chi connectivity index (χ3v) is 2.80. The van der Waals surface area contributed by atoms with Gasteiger partial charge in [0, 0.05) is 17.6 Å². The number of carboxylic acids is 1. The second-order valence-electron chi connectivity index (χ2n) is 5.85. The van der Waals surface area contributed by atoms with E-state index >= 15 is 0 Å². The van der Waals surface area contributed by atoms with Crippen LogP contribution in [0.25, 0.3) is 0 Å². The number of carbonyl (C=O) groups is 2. The minimum atomic E-state index is -1.15. The molecule has 4 nitrogen and oxygen atoms in total. The first-order valence-corrected chi connectivity index (χ1v) is 6.87. The fraction of sp³-hybridized carbons (Fsp3) is 0.692. The van der Waals surface area contributed by atoms with E-state index in [-0.39, 0.29) is 0 Å². The summed E-state index contributed by atoms with van der Waals surface area (Å²) in [5, 5.41) is 7.87. The van der Waals surface area contributed by atoms with Crippen LogP contribution in [0.3, 0.4) is 0 Å². The van der Waals surface area contributed by atoms with E-state index in [1.165, 1.54) is 12.8 Å². The first kappa shape index (κ1) is 17.8. The second-order valence-corrected chi connectivity index (χ2v) is 5.85. The van der Waals surface area contributed by atoms with Gasteiger partial charge in [-0.25, -0.2) is 9.59 Å². The van der Waals surface area contributed by atoms with Gasteiger partial charge in [0.2, 0.25) is 0 Å². The predicted octanol–water partition coefficient (Wildman–Crippen LogP) is 0.697. The van der Waals surface area contributed by atoms with Crippen molar-refractivity contribution in [2.75, 3.05) is 0 Å². The highest BCUT2D eigenvalue weighted by Crippen LogP contribution is 2.15. The summed E-state index contributed by atoms with van der Waals surface area (Å²) in [6, 6.07) is 0. The highest BCUT2D eigenvalue weighted by atomic mass is 16.5. The van der Waals surface area contributed by atoms with Crippen LogP contribution in [0.2, 0.25) is 0 Å². The lowest BCUT2D eigenvalue weighted by Crippen LogP contribution is -2.35. The van der Waals surface area contributed by atoms with E-state index < -0.39 is 17.3 Å². The van der Waals surface area contributed by atoms with Crippen LogP contribution in [0.15, 0.2) is 12.2 Å². The highest BCUT2D eigenvalue weighted by molar-refractivity contribution is 6.39. The van der Waals surface area contributed by atoms with E-state index in [4.69, 9.17) is 9.84 Å². The molecule has 0 saturated carbocycles. The molecule has 0 aliphatic heterocycles. The summed E-state index contributed by atoms with van der Waals surface area (Å²) in [4.78, 5) is 21.6. The third kappa shape index (κ3) is 11.6. The summed E-state index contributed by atoms with van der Waals surface area (Å²) < 4.78 is 5.23. The molecule has 1 N–H and O–H groups in total. The number of unbranched alkanes of at least 4 members (excludes halogenated alkanes) is 2. The van der Waals surface area contributed by atoms with Gasteiger partial charge in [-0.15, -0.1) is 0 Å². The molecule has 0 atom stereocenters. The number of rotatable bonds is 9. The van der Waals surface area contributed by atoms with E-state index in [0.29, 0.717) is 0 Å². The molecule has 0 amide bonds. The summed E-state index contributed by atoms with van der Waals surface area (Å²) in [5.74, 6) is -1.02. The molecule has 0 heterocycles. The van der Waals surface area contributed by atoms with Gasteiger partial charge < -0.3 is 9.84 Å². The van der Waals surface area contributed by atoms with Crippen molar-refractivity contribution in [2.45, 2.75) is 51.4 Å². The molecule has 19 heavy (non-hydrogen) atoms. The van der Waals surface area contributed by atoms with Gasteiger partial charge in [-0.3, -0.25) is 0 Å². The van der Waals surface area contributed by atoms with Crippen molar-refractivity contribution >= 4 is 27.6 Å². The lowest BCUT2D eigenvalue weighted by Gasteiger charge is -2.25. The highest BCUT2D eigenvalue weighted by Gasteiger charge is 2.21. The van der Waals surface area contributed by atoms with Gasteiger partial charge in [0.1, 0.15) is 15.7 Å². The molecule has 106 valence electrons. The van der Waals surface area contributed by atoms with E-state index in [1.807, 2.05) is 15.7 Å². The van der Waals surface area contributed by atoms with Crippen molar-refractivity contribution in [1.82, 2.24) is 0 Å². The lowest BCUT2D eigenvalue weighted by atomic mass is 9.62. The molecule has 0 aliphatic carbocycles. The molecular weight excluding hydrogens is 242 g/mol. The molecule has 0 aliphatic rings. The number of carbonyl (C=O) groups excluding carboxylic acids is 1. The molecule has 0 radical (unpaired) electrons. The Labute approximate surface area is 117 Å². The maximum atomic E-state index is 11.4. The van der Waals surface area contributed by atoms with Crippen LogP contribution >= 0.6 is 0 Å². The summed E-state index contributed by atoms with van der Waals surface area (Å²) in [5.41, 5.74) is 0. The molecule has 0 unspecified atom stereocenters. The van der Waals surface area contributed by atoms with Gasteiger partial charge in [-0.1, -0.05) is 39.5 Å². The maximum absolute atomic E-state index is 11.4. The first-order chi connectivity index (χ1) is 8.73. The van der Waals surface area contributed by atoms with E-state index in [1.54, 1.807) is 0 Å². The summed E-state index contributed by atoms with van der Waals surface area (Å²) >= 11 is 0. The third-order valence-electron chi connectivity index (χ3n) is 2.80. The average Bonchev–Trinajstić information content (AvgIpc) is 2.24. The number of carboxylic acid groups (broad SMARTS) is 1. The SMILES string of the molecule is BC(B)(CCCCCC(C)C)OC(=O)/C=C/C(=O)O. The van der Waals surface area contributed by atoms with Crippen molar-refractivity contribution in [3.8, 4) is 0 Å². The number of hydrogen-bond acceptors (Lipinski definition) is 3. The first-order valence-electron chi connectivity index (χ1n) is 6.87. The molecule has 0 aromatic heterocycles. The molecule has 0 bridgehead atoms. The zero-order valence-corrected chi connectivity index (χ0v) is 12.4. The standard InChI is InChI=1S/C13H24B2O4/c1-10(2)6-4-3-5-9-13(14,15)19-12(18)8-7-11(16)17/h7-8,10H,3-6,9,14-15H2,1-2H3,(H,16,17)/b8-7+. The van der Waals surface area contributed by atoms with Crippen LogP contribution in [-0.2, 0) is 14.3 Å². The molecule has 0 aromatic rings. The van der Waals surface area contributed by atoms with Gasteiger partial charge in [-0.05, 0) is 12.3 Å². The maximum Gasteiger partial charge on any atom is 0.330 e. The number of aliphatic carboxylic acids is 1. The zero-order valence-electron chi connectivity index (χ0n) is 12.4. The smallest absolute Gasteiger partial charge is 0.330 e. The normalized spacial score (nSPS) is 11.9. The van der Waals surface area contributed by atoms with Crippen LogP contribution < -0.4 is 0 Å². The minimum absolute atomic E-state index is 0.544. The van der Waals surface area contributed by atoms with E-state index in [0.717, 1.165) is 37.3 Å². The van der Waals surface area contributed by atoms with Crippen LogP contribution in [-0.4, -0.2) is 38.1 Å². The topological polar surface area (TPSA) is 63.6 Å². The van der Waals surface area contributed by atoms with Gasteiger partial charge >= 0.3 is 11.9 Å². The van der Waals surface area contributed by atoms with Crippen molar-refractivity contribution in [2.24, 2.45) is 5.92 Å². The van der Waals surface area contributed by atoms with Gasteiger partial charge in [-0.2, -0.15) is 0 Å². The number of esters is 1. The molecule has 0 rings (SSSR count). The van der Waals surface area contributed by atoms with Crippen LogP contribution in [0, 0.1) is 5.92 Å². The predicted molar refractivity (Wildman–Crippen MR) is 80.6 cm³/mol. The van der Waals surface area contributed by atoms with Gasteiger partial charge in [0.15, 0.2) is 0 Å². The Balaban J connectivity index is 3.91. The molecule has 0 saturated heterocycles. The molecule has 0 fully saturated rings. The molecule has 0 spiro atoms. The lowest BCUT2D eigenvalue weighted by molar-refractivity contribution is -0.142. The zero-order chi connectivity index (χ0) is 14.9. The fourth-order valence-corrected chi connectivity index (χ4v) is 1.78. The Morgan fingerprint density at radius 1 is 1.21 bits per heavy atom. The Hall–Kier alpha value is -1.19. The molecule has 0 aromatic carbocycles.